The van der Waals surface area contributed by atoms with Crippen LogP contribution in [0.1, 0.15) is 43.7 Å². The fourth-order valence-corrected chi connectivity index (χ4v) is 4.12. The highest BCUT2D eigenvalue weighted by Crippen LogP contribution is 2.44. The van der Waals surface area contributed by atoms with E-state index in [0.717, 1.165) is 22.3 Å². The third-order valence-electron chi connectivity index (χ3n) is 6.14. The van der Waals surface area contributed by atoms with Crippen LogP contribution in [-0.2, 0) is 14.3 Å². The van der Waals surface area contributed by atoms with E-state index in [1.807, 2.05) is 55.5 Å². The van der Waals surface area contributed by atoms with E-state index in [1.165, 1.54) is 0 Å². The number of rotatable bonds is 10. The first kappa shape index (κ1) is 24.3. The topological polar surface area (TPSA) is 125 Å². The van der Waals surface area contributed by atoms with Gasteiger partial charge in [0.05, 0.1) is 0 Å². The van der Waals surface area contributed by atoms with E-state index in [9.17, 15) is 19.5 Å². The molecule has 0 aliphatic heterocycles. The van der Waals surface area contributed by atoms with Crippen LogP contribution in [0.15, 0.2) is 48.5 Å². The number of hydrogen-bond acceptors (Lipinski definition) is 5. The molecule has 0 saturated heterocycles. The molecule has 8 nitrogen and oxygen atoms in total. The fourth-order valence-electron chi connectivity index (χ4n) is 4.12. The highest BCUT2D eigenvalue weighted by Gasteiger charge is 2.32. The van der Waals surface area contributed by atoms with Crippen molar-refractivity contribution in [3.63, 3.8) is 0 Å². The summed E-state index contributed by atoms with van der Waals surface area (Å²) < 4.78 is 5.53. The van der Waals surface area contributed by atoms with Gasteiger partial charge in [-0.15, -0.1) is 0 Å². The molecule has 3 atom stereocenters. The Hall–Kier alpha value is -3.39. The quantitative estimate of drug-likeness (QED) is 0.438. The summed E-state index contributed by atoms with van der Waals surface area (Å²) in [4.78, 5) is 36.7. The van der Waals surface area contributed by atoms with Crippen molar-refractivity contribution in [2.24, 2.45) is 5.92 Å². The van der Waals surface area contributed by atoms with Gasteiger partial charge in [0.15, 0.2) is 0 Å². The molecule has 0 spiro atoms. The average Bonchev–Trinajstić information content (AvgIpc) is 3.14. The Morgan fingerprint density at radius 1 is 1.00 bits per heavy atom. The van der Waals surface area contributed by atoms with Gasteiger partial charge in [0.25, 0.3) is 0 Å². The summed E-state index contributed by atoms with van der Waals surface area (Å²) in [6.45, 7) is 3.38. The van der Waals surface area contributed by atoms with Crippen molar-refractivity contribution in [2.75, 3.05) is 13.2 Å². The third-order valence-corrected chi connectivity index (χ3v) is 6.14. The zero-order valence-electron chi connectivity index (χ0n) is 18.8. The predicted octanol–water partition coefficient (Wildman–Crippen LogP) is 2.89. The van der Waals surface area contributed by atoms with Crippen molar-refractivity contribution in [3.8, 4) is 11.1 Å². The summed E-state index contributed by atoms with van der Waals surface area (Å²) in [6, 6.07) is 13.8. The smallest absolute Gasteiger partial charge is 0.407 e. The number of fused-ring (bicyclic) bond motifs is 3. The van der Waals surface area contributed by atoms with Crippen LogP contribution in [0, 0.1) is 5.92 Å². The minimum Gasteiger partial charge on any atom is -0.480 e. The first-order valence-corrected chi connectivity index (χ1v) is 11.1. The molecule has 176 valence electrons. The number of aliphatic hydroxyl groups excluding tert-OH is 1. The SMILES string of the molecule is CCC(C)C(NC(=O)OCC1c2ccccc2-c2ccccc21)C(=O)N[C@H](CCO)C(=O)O. The maximum atomic E-state index is 12.7. The van der Waals surface area contributed by atoms with Crippen LogP contribution in [0.3, 0.4) is 0 Å². The highest BCUT2D eigenvalue weighted by molar-refractivity contribution is 5.89. The molecule has 2 amide bonds. The molecule has 4 N–H and O–H groups in total. The zero-order chi connectivity index (χ0) is 24.0. The van der Waals surface area contributed by atoms with E-state index < -0.39 is 30.1 Å². The van der Waals surface area contributed by atoms with Crippen molar-refractivity contribution in [2.45, 2.75) is 44.7 Å². The maximum Gasteiger partial charge on any atom is 0.407 e. The largest absolute Gasteiger partial charge is 0.480 e. The van der Waals surface area contributed by atoms with Crippen molar-refractivity contribution >= 4 is 18.0 Å². The first-order valence-electron chi connectivity index (χ1n) is 11.1. The van der Waals surface area contributed by atoms with Crippen molar-refractivity contribution in [3.05, 3.63) is 59.7 Å². The summed E-state index contributed by atoms with van der Waals surface area (Å²) in [5, 5.41) is 23.3. The highest BCUT2D eigenvalue weighted by atomic mass is 16.5. The molecule has 8 heteroatoms. The molecule has 2 unspecified atom stereocenters. The lowest BCUT2D eigenvalue weighted by molar-refractivity contribution is -0.142. The minimum atomic E-state index is -1.25. The van der Waals surface area contributed by atoms with Crippen LogP contribution in [0.25, 0.3) is 11.1 Å². The van der Waals surface area contributed by atoms with E-state index in [4.69, 9.17) is 9.84 Å². The number of aliphatic hydroxyl groups is 1. The lowest BCUT2D eigenvalue weighted by Crippen LogP contribution is -2.54. The van der Waals surface area contributed by atoms with Gasteiger partial charge < -0.3 is 25.6 Å². The average molecular weight is 455 g/mol. The molecule has 33 heavy (non-hydrogen) atoms. The van der Waals surface area contributed by atoms with Crippen LogP contribution in [0.2, 0.25) is 0 Å². The molecule has 2 aromatic carbocycles. The number of amides is 2. The van der Waals surface area contributed by atoms with E-state index in [0.29, 0.717) is 6.42 Å². The van der Waals surface area contributed by atoms with E-state index in [-0.39, 0.29) is 31.5 Å². The number of ether oxygens (including phenoxy) is 1. The van der Waals surface area contributed by atoms with Gasteiger partial charge in [0, 0.05) is 18.9 Å². The standard InChI is InChI=1S/C25H30N2O6/c1-3-15(2)22(23(29)26-21(12-13-28)24(30)31)27-25(32)33-14-20-18-10-6-4-8-16(18)17-9-5-7-11-19(17)20/h4-11,15,20-22,28H,3,12-14H2,1-2H3,(H,26,29)(H,27,32)(H,30,31)/t15?,21-,22?/m1/s1. The van der Waals surface area contributed by atoms with Crippen molar-refractivity contribution in [1.29, 1.82) is 0 Å². The molecule has 1 aliphatic carbocycles. The third kappa shape index (κ3) is 5.51. The van der Waals surface area contributed by atoms with Gasteiger partial charge in [-0.25, -0.2) is 9.59 Å². The van der Waals surface area contributed by atoms with Gasteiger partial charge in [0.2, 0.25) is 5.91 Å². The van der Waals surface area contributed by atoms with Gasteiger partial charge in [-0.1, -0.05) is 68.8 Å². The maximum absolute atomic E-state index is 12.7. The molecule has 0 aromatic heterocycles. The molecule has 2 aromatic rings. The lowest BCUT2D eigenvalue weighted by atomic mass is 9.97. The summed E-state index contributed by atoms with van der Waals surface area (Å²) in [6.07, 6.45) is -0.287. The Labute approximate surface area is 193 Å². The summed E-state index contributed by atoms with van der Waals surface area (Å²) >= 11 is 0. The second-order valence-corrected chi connectivity index (χ2v) is 8.24. The molecule has 0 fully saturated rings. The number of benzene rings is 2. The van der Waals surface area contributed by atoms with Gasteiger partial charge >= 0.3 is 12.1 Å². The Balaban J connectivity index is 1.68. The summed E-state index contributed by atoms with van der Waals surface area (Å²) in [5.41, 5.74) is 4.39. The second-order valence-electron chi connectivity index (χ2n) is 8.24. The number of carboxylic acid groups (broad SMARTS) is 1. The van der Waals surface area contributed by atoms with E-state index >= 15 is 0 Å². The molecule has 0 radical (unpaired) electrons. The monoisotopic (exact) mass is 454 g/mol. The molecule has 3 rings (SSSR count). The van der Waals surface area contributed by atoms with Gasteiger partial charge in [-0.3, -0.25) is 4.79 Å². The predicted molar refractivity (Wildman–Crippen MR) is 123 cm³/mol. The number of carboxylic acids is 1. The van der Waals surface area contributed by atoms with Crippen LogP contribution in [0.5, 0.6) is 0 Å². The molecule has 0 bridgehead atoms. The summed E-state index contributed by atoms with van der Waals surface area (Å²) in [7, 11) is 0. The number of carbonyl (C=O) groups is 3. The van der Waals surface area contributed by atoms with Gasteiger partial charge in [-0.05, 0) is 28.2 Å². The Kier molecular flexibility index (Phi) is 8.06. The minimum absolute atomic E-state index is 0.108. The molecule has 1 aliphatic rings. The van der Waals surface area contributed by atoms with Crippen molar-refractivity contribution in [1.82, 2.24) is 10.6 Å². The Bertz CT molecular complexity index is 962. The normalized spacial score (nSPS) is 15.0. The van der Waals surface area contributed by atoms with Crippen LogP contribution < -0.4 is 10.6 Å². The van der Waals surface area contributed by atoms with E-state index in [1.54, 1.807) is 6.92 Å². The number of aliphatic carboxylic acids is 1. The number of hydrogen-bond donors (Lipinski definition) is 4. The van der Waals surface area contributed by atoms with Crippen LogP contribution >= 0.6 is 0 Å². The number of nitrogens with one attached hydrogen (secondary N) is 2. The van der Waals surface area contributed by atoms with Crippen molar-refractivity contribution < 1.29 is 29.3 Å². The number of alkyl carbamates (subject to hydrolysis) is 1. The number of carbonyl (C=O) groups excluding carboxylic acids is 2. The zero-order valence-corrected chi connectivity index (χ0v) is 18.8. The molecular weight excluding hydrogens is 424 g/mol. The molecular formula is C25H30N2O6. The first-order chi connectivity index (χ1) is 15.9. The molecule has 0 saturated carbocycles. The summed E-state index contributed by atoms with van der Waals surface area (Å²) in [5.74, 6) is -2.24. The molecule has 0 heterocycles. The van der Waals surface area contributed by atoms with Crippen LogP contribution in [0.4, 0.5) is 4.79 Å². The lowest BCUT2D eigenvalue weighted by Gasteiger charge is -2.25. The van der Waals surface area contributed by atoms with Gasteiger partial charge in [-0.2, -0.15) is 0 Å². The van der Waals surface area contributed by atoms with E-state index in [2.05, 4.69) is 10.6 Å². The second kappa shape index (κ2) is 11.0. The van der Waals surface area contributed by atoms with Crippen LogP contribution in [-0.4, -0.2) is 53.5 Å². The Morgan fingerprint density at radius 3 is 2.09 bits per heavy atom. The fraction of sp³-hybridized carbons (Fsp3) is 0.400. The van der Waals surface area contributed by atoms with Gasteiger partial charge in [0.1, 0.15) is 18.7 Å². The Morgan fingerprint density at radius 2 is 1.58 bits per heavy atom.